The highest BCUT2D eigenvalue weighted by Crippen LogP contribution is 2.10. The molecule has 17 heavy (non-hydrogen) atoms. The molecule has 1 rings (SSSR count). The Balaban J connectivity index is 2.42. The molecule has 0 fully saturated rings. The van der Waals surface area contributed by atoms with Crippen molar-refractivity contribution in [2.45, 2.75) is 39.0 Å². The van der Waals surface area contributed by atoms with Crippen LogP contribution < -0.4 is 0 Å². The molecule has 0 heterocycles. The number of aliphatic carboxylic acids is 1. The smallest absolute Gasteiger partial charge is 0.328 e. The summed E-state index contributed by atoms with van der Waals surface area (Å²) in [6.07, 6.45) is 8.98. The summed E-state index contributed by atoms with van der Waals surface area (Å²) in [6, 6.07) is 8.09. The Morgan fingerprint density at radius 1 is 1.18 bits per heavy atom. The van der Waals surface area contributed by atoms with Gasteiger partial charge in [-0.15, -0.1) is 0 Å². The maximum atomic E-state index is 10.4. The number of carbonyl (C=O) groups is 1. The molecule has 0 aliphatic heterocycles. The second-order valence-corrected chi connectivity index (χ2v) is 4.22. The van der Waals surface area contributed by atoms with Crippen LogP contribution in [0.2, 0.25) is 0 Å². The van der Waals surface area contributed by atoms with Gasteiger partial charge in [0.1, 0.15) is 0 Å². The number of hydrogen-bond acceptors (Lipinski definition) is 1. The van der Waals surface area contributed by atoms with Gasteiger partial charge in [-0.05, 0) is 30.0 Å². The van der Waals surface area contributed by atoms with E-state index in [0.29, 0.717) is 0 Å². The molecule has 2 nitrogen and oxygen atoms in total. The first-order valence-corrected chi connectivity index (χ1v) is 6.22. The van der Waals surface area contributed by atoms with E-state index >= 15 is 0 Å². The van der Waals surface area contributed by atoms with Crippen molar-refractivity contribution < 1.29 is 9.90 Å². The quantitative estimate of drug-likeness (QED) is 0.571. The van der Waals surface area contributed by atoms with Crippen LogP contribution in [0.15, 0.2) is 30.3 Å². The second-order valence-electron chi connectivity index (χ2n) is 4.22. The number of rotatable bonds is 7. The molecule has 0 saturated heterocycles. The van der Waals surface area contributed by atoms with Gasteiger partial charge in [0.05, 0.1) is 0 Å². The third kappa shape index (κ3) is 5.91. The summed E-state index contributed by atoms with van der Waals surface area (Å²) >= 11 is 0. The minimum atomic E-state index is -0.909. The molecular formula is C15H20O2. The number of unbranched alkanes of at least 4 members (excludes halogenated alkanes) is 3. The van der Waals surface area contributed by atoms with Gasteiger partial charge in [0.25, 0.3) is 0 Å². The molecular weight excluding hydrogens is 212 g/mol. The zero-order chi connectivity index (χ0) is 12.5. The standard InChI is InChI=1S/C15H20O2/c1-2-3-4-5-6-13-7-9-14(10-8-13)11-12-15(16)17/h7-12H,2-6H2,1H3,(H,16,17)/b12-11+. The number of hydrogen-bond donors (Lipinski definition) is 1. The zero-order valence-corrected chi connectivity index (χ0v) is 10.4. The summed E-state index contributed by atoms with van der Waals surface area (Å²) in [4.78, 5) is 10.4. The van der Waals surface area contributed by atoms with E-state index in [2.05, 4.69) is 19.1 Å². The van der Waals surface area contributed by atoms with Crippen molar-refractivity contribution in [3.05, 3.63) is 41.5 Å². The monoisotopic (exact) mass is 232 g/mol. The highest BCUT2D eigenvalue weighted by molar-refractivity contribution is 5.85. The number of benzene rings is 1. The summed E-state index contributed by atoms with van der Waals surface area (Å²) in [5, 5.41) is 8.51. The molecule has 1 aromatic carbocycles. The largest absolute Gasteiger partial charge is 0.478 e. The van der Waals surface area contributed by atoms with Crippen molar-refractivity contribution in [1.82, 2.24) is 0 Å². The molecule has 0 aliphatic rings. The normalized spacial score (nSPS) is 10.9. The third-order valence-electron chi connectivity index (χ3n) is 2.72. The van der Waals surface area contributed by atoms with Gasteiger partial charge in [0, 0.05) is 6.08 Å². The van der Waals surface area contributed by atoms with E-state index < -0.39 is 5.97 Å². The van der Waals surface area contributed by atoms with Crippen molar-refractivity contribution >= 4 is 12.0 Å². The van der Waals surface area contributed by atoms with E-state index in [0.717, 1.165) is 18.1 Å². The topological polar surface area (TPSA) is 37.3 Å². The molecule has 2 heteroatoms. The van der Waals surface area contributed by atoms with Crippen LogP contribution in [0.4, 0.5) is 0 Å². The summed E-state index contributed by atoms with van der Waals surface area (Å²) in [5.41, 5.74) is 2.26. The van der Waals surface area contributed by atoms with Gasteiger partial charge < -0.3 is 5.11 Å². The van der Waals surface area contributed by atoms with Crippen LogP contribution in [0.1, 0.15) is 43.7 Å². The van der Waals surface area contributed by atoms with Crippen LogP contribution in [0, 0.1) is 0 Å². The molecule has 1 N–H and O–H groups in total. The molecule has 0 aromatic heterocycles. The van der Waals surface area contributed by atoms with E-state index in [9.17, 15) is 4.79 Å². The van der Waals surface area contributed by atoms with E-state index in [-0.39, 0.29) is 0 Å². The maximum Gasteiger partial charge on any atom is 0.328 e. The molecule has 92 valence electrons. The predicted molar refractivity (Wildman–Crippen MR) is 71.0 cm³/mol. The van der Waals surface area contributed by atoms with E-state index in [4.69, 9.17) is 5.11 Å². The first-order chi connectivity index (χ1) is 8.22. The lowest BCUT2D eigenvalue weighted by atomic mass is 10.0. The van der Waals surface area contributed by atoms with Crippen LogP contribution >= 0.6 is 0 Å². The Kier molecular flexibility index (Phi) is 6.08. The van der Waals surface area contributed by atoms with E-state index in [1.807, 2.05) is 12.1 Å². The van der Waals surface area contributed by atoms with Crippen molar-refractivity contribution in [1.29, 1.82) is 0 Å². The minimum Gasteiger partial charge on any atom is -0.478 e. The Morgan fingerprint density at radius 3 is 2.47 bits per heavy atom. The summed E-state index contributed by atoms with van der Waals surface area (Å²) < 4.78 is 0. The molecule has 0 unspecified atom stereocenters. The molecule has 1 aromatic rings. The Hall–Kier alpha value is -1.57. The lowest BCUT2D eigenvalue weighted by Crippen LogP contribution is -1.87. The molecule has 0 atom stereocenters. The van der Waals surface area contributed by atoms with Crippen molar-refractivity contribution in [3.63, 3.8) is 0 Å². The summed E-state index contributed by atoms with van der Waals surface area (Å²) in [6.45, 7) is 2.21. The fraction of sp³-hybridized carbons (Fsp3) is 0.400. The Bertz CT molecular complexity index is 363. The van der Waals surface area contributed by atoms with Crippen LogP contribution in [0.25, 0.3) is 6.08 Å². The summed E-state index contributed by atoms with van der Waals surface area (Å²) in [7, 11) is 0. The van der Waals surface area contributed by atoms with Crippen molar-refractivity contribution in [2.75, 3.05) is 0 Å². The lowest BCUT2D eigenvalue weighted by molar-refractivity contribution is -0.131. The predicted octanol–water partition coefficient (Wildman–Crippen LogP) is 3.91. The van der Waals surface area contributed by atoms with Gasteiger partial charge in [-0.1, -0.05) is 50.5 Å². The number of aryl methyl sites for hydroxylation is 1. The van der Waals surface area contributed by atoms with Gasteiger partial charge in [-0.3, -0.25) is 0 Å². The fourth-order valence-corrected chi connectivity index (χ4v) is 1.72. The van der Waals surface area contributed by atoms with Crippen LogP contribution in [0.3, 0.4) is 0 Å². The van der Waals surface area contributed by atoms with E-state index in [1.165, 1.54) is 31.2 Å². The SMILES string of the molecule is CCCCCCc1ccc(/C=C/C(=O)O)cc1. The maximum absolute atomic E-state index is 10.4. The van der Waals surface area contributed by atoms with Gasteiger partial charge in [0.15, 0.2) is 0 Å². The zero-order valence-electron chi connectivity index (χ0n) is 10.4. The van der Waals surface area contributed by atoms with Crippen LogP contribution in [0.5, 0.6) is 0 Å². The fourth-order valence-electron chi connectivity index (χ4n) is 1.72. The highest BCUT2D eigenvalue weighted by Gasteiger charge is 1.94. The lowest BCUT2D eigenvalue weighted by Gasteiger charge is -2.01. The minimum absolute atomic E-state index is 0.909. The molecule has 0 aliphatic carbocycles. The number of carboxylic acids is 1. The average molecular weight is 232 g/mol. The number of carboxylic acid groups (broad SMARTS) is 1. The van der Waals surface area contributed by atoms with E-state index in [1.54, 1.807) is 6.08 Å². The molecule has 0 bridgehead atoms. The Labute approximate surface area is 103 Å². The Morgan fingerprint density at radius 2 is 1.88 bits per heavy atom. The molecule has 0 amide bonds. The highest BCUT2D eigenvalue weighted by atomic mass is 16.4. The van der Waals surface area contributed by atoms with Gasteiger partial charge in [0.2, 0.25) is 0 Å². The molecule has 0 spiro atoms. The van der Waals surface area contributed by atoms with Crippen LogP contribution in [-0.2, 0) is 11.2 Å². The average Bonchev–Trinajstić information content (AvgIpc) is 2.33. The second kappa shape index (κ2) is 7.66. The van der Waals surface area contributed by atoms with Gasteiger partial charge in [-0.2, -0.15) is 0 Å². The van der Waals surface area contributed by atoms with Crippen LogP contribution in [-0.4, -0.2) is 11.1 Å². The molecule has 0 saturated carbocycles. The third-order valence-corrected chi connectivity index (χ3v) is 2.72. The summed E-state index contributed by atoms with van der Waals surface area (Å²) in [5.74, 6) is -0.909. The molecule has 0 radical (unpaired) electrons. The van der Waals surface area contributed by atoms with Crippen molar-refractivity contribution in [2.24, 2.45) is 0 Å². The van der Waals surface area contributed by atoms with Gasteiger partial charge >= 0.3 is 5.97 Å². The first-order valence-electron chi connectivity index (χ1n) is 6.22. The van der Waals surface area contributed by atoms with Gasteiger partial charge in [-0.25, -0.2) is 4.79 Å². The van der Waals surface area contributed by atoms with Crippen molar-refractivity contribution in [3.8, 4) is 0 Å². The first kappa shape index (κ1) is 13.5.